The van der Waals surface area contributed by atoms with Crippen molar-refractivity contribution in [1.29, 1.82) is 0 Å². The molecule has 0 aliphatic heterocycles. The zero-order valence-corrected chi connectivity index (χ0v) is 12.6. The maximum Gasteiger partial charge on any atom is 0.258 e. The summed E-state index contributed by atoms with van der Waals surface area (Å²) in [7, 11) is 0. The standard InChI is InChI=1S/C14H15BrN2O2/c1-7(2)11-13(18)16-12(17-14(11)19)9-5-4-8(3)10(15)6-9/h4-7H,1-3H3,(H2,16,17,18,19). The van der Waals surface area contributed by atoms with Crippen LogP contribution in [0.3, 0.4) is 0 Å². The molecule has 0 fully saturated rings. The zero-order chi connectivity index (χ0) is 14.2. The van der Waals surface area contributed by atoms with E-state index in [0.717, 1.165) is 15.6 Å². The SMILES string of the molecule is Cc1ccc(-c2nc(O)c(C(C)C)c(=O)[nH]2)cc1Br. The average Bonchev–Trinajstić information content (AvgIpc) is 2.31. The van der Waals surface area contributed by atoms with Crippen LogP contribution in [0.2, 0.25) is 0 Å². The smallest absolute Gasteiger partial charge is 0.258 e. The van der Waals surface area contributed by atoms with Crippen molar-refractivity contribution in [3.05, 3.63) is 44.2 Å². The molecule has 5 heteroatoms. The topological polar surface area (TPSA) is 66.0 Å². The van der Waals surface area contributed by atoms with E-state index in [1.165, 1.54) is 0 Å². The summed E-state index contributed by atoms with van der Waals surface area (Å²) in [6, 6.07) is 5.64. The highest BCUT2D eigenvalue weighted by Crippen LogP contribution is 2.25. The molecule has 1 heterocycles. The molecule has 0 saturated heterocycles. The number of hydrogen-bond donors (Lipinski definition) is 2. The number of aryl methyl sites for hydroxylation is 1. The van der Waals surface area contributed by atoms with Crippen LogP contribution in [0, 0.1) is 6.92 Å². The van der Waals surface area contributed by atoms with Gasteiger partial charge < -0.3 is 10.1 Å². The Labute approximate surface area is 119 Å². The monoisotopic (exact) mass is 322 g/mol. The maximum absolute atomic E-state index is 12.0. The van der Waals surface area contributed by atoms with Crippen LogP contribution >= 0.6 is 15.9 Å². The molecule has 100 valence electrons. The van der Waals surface area contributed by atoms with E-state index in [4.69, 9.17) is 0 Å². The Hall–Kier alpha value is -1.62. The van der Waals surface area contributed by atoms with Gasteiger partial charge in [-0.25, -0.2) is 0 Å². The third-order valence-electron chi connectivity index (χ3n) is 2.96. The quantitative estimate of drug-likeness (QED) is 0.891. The van der Waals surface area contributed by atoms with Gasteiger partial charge in [0.05, 0.1) is 5.56 Å². The van der Waals surface area contributed by atoms with Crippen LogP contribution in [0.5, 0.6) is 5.88 Å². The first-order valence-corrected chi connectivity index (χ1v) is 6.79. The minimum Gasteiger partial charge on any atom is -0.493 e. The Bertz CT molecular complexity index is 678. The fourth-order valence-electron chi connectivity index (χ4n) is 1.87. The first-order chi connectivity index (χ1) is 8.90. The molecule has 0 aliphatic rings. The van der Waals surface area contributed by atoms with E-state index >= 15 is 0 Å². The molecule has 0 atom stereocenters. The number of H-pyrrole nitrogens is 1. The lowest BCUT2D eigenvalue weighted by Gasteiger charge is -2.09. The van der Waals surface area contributed by atoms with Crippen molar-refractivity contribution in [2.45, 2.75) is 26.7 Å². The van der Waals surface area contributed by atoms with Gasteiger partial charge in [-0.1, -0.05) is 41.9 Å². The molecule has 2 aromatic rings. The number of halogens is 1. The van der Waals surface area contributed by atoms with Gasteiger partial charge in [-0.05, 0) is 24.5 Å². The zero-order valence-electron chi connectivity index (χ0n) is 11.0. The molecule has 19 heavy (non-hydrogen) atoms. The number of aromatic hydroxyl groups is 1. The van der Waals surface area contributed by atoms with Crippen LogP contribution in [0.1, 0.15) is 30.9 Å². The van der Waals surface area contributed by atoms with Crippen molar-refractivity contribution in [2.24, 2.45) is 0 Å². The van der Waals surface area contributed by atoms with Gasteiger partial charge in [0.15, 0.2) is 0 Å². The van der Waals surface area contributed by atoms with Crippen LogP contribution < -0.4 is 5.56 Å². The van der Waals surface area contributed by atoms with Crippen molar-refractivity contribution >= 4 is 15.9 Å². The lowest BCUT2D eigenvalue weighted by Crippen LogP contribution is -2.16. The number of benzene rings is 1. The van der Waals surface area contributed by atoms with E-state index in [1.54, 1.807) is 0 Å². The molecule has 0 unspecified atom stereocenters. The summed E-state index contributed by atoms with van der Waals surface area (Å²) in [5, 5.41) is 9.88. The summed E-state index contributed by atoms with van der Waals surface area (Å²) in [6.45, 7) is 5.66. The summed E-state index contributed by atoms with van der Waals surface area (Å²) in [4.78, 5) is 18.7. The molecular weight excluding hydrogens is 308 g/mol. The Morgan fingerprint density at radius 1 is 1.37 bits per heavy atom. The van der Waals surface area contributed by atoms with Gasteiger partial charge in [-0.15, -0.1) is 0 Å². The summed E-state index contributed by atoms with van der Waals surface area (Å²) in [6.07, 6.45) is 0. The van der Waals surface area contributed by atoms with Gasteiger partial charge in [0.25, 0.3) is 5.56 Å². The van der Waals surface area contributed by atoms with Crippen molar-refractivity contribution < 1.29 is 5.11 Å². The lowest BCUT2D eigenvalue weighted by molar-refractivity contribution is 0.440. The predicted molar refractivity (Wildman–Crippen MR) is 78.5 cm³/mol. The molecule has 0 saturated carbocycles. The van der Waals surface area contributed by atoms with Gasteiger partial charge in [0, 0.05) is 10.0 Å². The molecule has 2 N–H and O–H groups in total. The number of rotatable bonds is 2. The molecule has 0 amide bonds. The minimum absolute atomic E-state index is 0.0740. The second-order valence-electron chi connectivity index (χ2n) is 4.77. The number of hydrogen-bond acceptors (Lipinski definition) is 3. The number of nitrogens with zero attached hydrogens (tertiary/aromatic N) is 1. The van der Waals surface area contributed by atoms with Gasteiger partial charge >= 0.3 is 0 Å². The third-order valence-corrected chi connectivity index (χ3v) is 3.81. The first kappa shape index (κ1) is 13.8. The van der Waals surface area contributed by atoms with Gasteiger partial charge in [0.2, 0.25) is 5.88 Å². The predicted octanol–water partition coefficient (Wildman–Crippen LogP) is 3.34. The van der Waals surface area contributed by atoms with Crippen molar-refractivity contribution in [2.75, 3.05) is 0 Å². The number of nitrogens with one attached hydrogen (secondary N) is 1. The van der Waals surface area contributed by atoms with Gasteiger partial charge in [-0.3, -0.25) is 4.79 Å². The van der Waals surface area contributed by atoms with E-state index in [2.05, 4.69) is 25.9 Å². The Kier molecular flexibility index (Phi) is 3.75. The molecule has 4 nitrogen and oxygen atoms in total. The van der Waals surface area contributed by atoms with Crippen LogP contribution in [-0.4, -0.2) is 15.1 Å². The molecular formula is C14H15BrN2O2. The van der Waals surface area contributed by atoms with E-state index in [-0.39, 0.29) is 17.4 Å². The van der Waals surface area contributed by atoms with E-state index in [1.807, 2.05) is 39.0 Å². The Morgan fingerprint density at radius 3 is 2.58 bits per heavy atom. The highest BCUT2D eigenvalue weighted by atomic mass is 79.9. The van der Waals surface area contributed by atoms with E-state index in [9.17, 15) is 9.90 Å². The summed E-state index contributed by atoms with van der Waals surface area (Å²) in [5.41, 5.74) is 1.86. The normalized spacial score (nSPS) is 11.0. The molecule has 0 radical (unpaired) electrons. The average molecular weight is 323 g/mol. The molecule has 2 rings (SSSR count). The van der Waals surface area contributed by atoms with Crippen molar-refractivity contribution in [1.82, 2.24) is 9.97 Å². The van der Waals surface area contributed by atoms with Crippen LogP contribution in [0.15, 0.2) is 27.5 Å². The summed E-state index contributed by atoms with van der Waals surface area (Å²) < 4.78 is 0.931. The van der Waals surface area contributed by atoms with Crippen molar-refractivity contribution in [3.63, 3.8) is 0 Å². The highest BCUT2D eigenvalue weighted by Gasteiger charge is 2.15. The molecule has 0 spiro atoms. The van der Waals surface area contributed by atoms with E-state index < -0.39 is 0 Å². The molecule has 1 aromatic heterocycles. The largest absolute Gasteiger partial charge is 0.493 e. The Balaban J connectivity index is 2.58. The van der Waals surface area contributed by atoms with Gasteiger partial charge in [0.1, 0.15) is 5.82 Å². The number of aromatic nitrogens is 2. The van der Waals surface area contributed by atoms with E-state index in [0.29, 0.717) is 11.4 Å². The second-order valence-corrected chi connectivity index (χ2v) is 5.62. The maximum atomic E-state index is 12.0. The molecule has 0 aliphatic carbocycles. The summed E-state index contributed by atoms with van der Waals surface area (Å²) in [5.74, 6) is 0.0908. The summed E-state index contributed by atoms with van der Waals surface area (Å²) >= 11 is 3.44. The van der Waals surface area contributed by atoms with Crippen molar-refractivity contribution in [3.8, 4) is 17.3 Å². The van der Waals surface area contributed by atoms with Crippen LogP contribution in [-0.2, 0) is 0 Å². The molecule has 0 bridgehead atoms. The van der Waals surface area contributed by atoms with Crippen LogP contribution in [0.25, 0.3) is 11.4 Å². The highest BCUT2D eigenvalue weighted by molar-refractivity contribution is 9.10. The first-order valence-electron chi connectivity index (χ1n) is 6.00. The minimum atomic E-state index is -0.297. The Morgan fingerprint density at radius 2 is 2.05 bits per heavy atom. The lowest BCUT2D eigenvalue weighted by atomic mass is 10.1. The fourth-order valence-corrected chi connectivity index (χ4v) is 2.25. The van der Waals surface area contributed by atoms with Gasteiger partial charge in [-0.2, -0.15) is 4.98 Å². The fraction of sp³-hybridized carbons (Fsp3) is 0.286. The molecule has 1 aromatic carbocycles. The third kappa shape index (κ3) is 2.71. The number of aromatic amines is 1. The van der Waals surface area contributed by atoms with Crippen LogP contribution in [0.4, 0.5) is 0 Å². The second kappa shape index (κ2) is 5.17.